The molecular formula is C29H46O4Si2. The van der Waals surface area contributed by atoms with Crippen LogP contribution in [0.1, 0.15) is 54.9 Å². The van der Waals surface area contributed by atoms with E-state index in [1.54, 1.807) is 7.11 Å². The third-order valence-electron chi connectivity index (χ3n) is 7.40. The van der Waals surface area contributed by atoms with Gasteiger partial charge in [-0.05, 0) is 40.5 Å². The number of rotatable bonds is 11. The van der Waals surface area contributed by atoms with Gasteiger partial charge in [-0.3, -0.25) is 0 Å². The van der Waals surface area contributed by atoms with E-state index in [1.165, 1.54) is 10.4 Å². The quantitative estimate of drug-likeness (QED) is 0.275. The summed E-state index contributed by atoms with van der Waals surface area (Å²) in [6.07, 6.45) is 0.334. The number of hydrogen-bond acceptors (Lipinski definition) is 4. The lowest BCUT2D eigenvalue weighted by atomic mass is 10.1. The summed E-state index contributed by atoms with van der Waals surface area (Å²) in [6, 6.07) is 21.2. The van der Waals surface area contributed by atoms with E-state index in [2.05, 4.69) is 110 Å². The van der Waals surface area contributed by atoms with Crippen LogP contribution in [0, 0.1) is 0 Å². The molecular weight excluding hydrogens is 468 g/mol. The van der Waals surface area contributed by atoms with Crippen molar-refractivity contribution < 1.29 is 18.4 Å². The molecule has 0 bridgehead atoms. The van der Waals surface area contributed by atoms with Crippen LogP contribution in [0.15, 0.2) is 60.7 Å². The van der Waals surface area contributed by atoms with E-state index in [-0.39, 0.29) is 22.3 Å². The number of aldehydes is 1. The fourth-order valence-corrected chi connectivity index (χ4v) is 10.4. The second kappa shape index (κ2) is 11.6. The number of benzene rings is 2. The molecule has 0 aliphatic rings. The Hall–Kier alpha value is -1.58. The third-order valence-corrected chi connectivity index (χ3v) is 17.0. The molecule has 0 saturated heterocycles. The second-order valence-electron chi connectivity index (χ2n) is 12.1. The Bertz CT molecular complexity index is 878. The summed E-state index contributed by atoms with van der Waals surface area (Å²) in [4.78, 5) is 12.2. The minimum atomic E-state index is -2.69. The van der Waals surface area contributed by atoms with Gasteiger partial charge in [0.2, 0.25) is 0 Å². The lowest BCUT2D eigenvalue weighted by molar-refractivity contribution is -0.121. The molecule has 0 N–H and O–H groups in total. The monoisotopic (exact) mass is 514 g/mol. The van der Waals surface area contributed by atoms with Crippen LogP contribution in [0.3, 0.4) is 0 Å². The minimum Gasteiger partial charge on any atom is -0.405 e. The summed E-state index contributed by atoms with van der Waals surface area (Å²) in [5.41, 5.74) is 0. The predicted octanol–water partition coefficient (Wildman–Crippen LogP) is 5.95. The highest BCUT2D eigenvalue weighted by Gasteiger charge is 2.51. The standard InChI is InChI=1S/C29H46O4Si2/c1-23(21-26(31-8)27(22-30)33-34(9,10)28(2,3)4)32-35(29(5,6)7,24-17-13-11-14-18-24)25-19-15-12-16-20-25/h11-20,22-23,26-27H,21H2,1-10H3/t23-,26+,27-/m1/s1. The average Bonchev–Trinajstić information content (AvgIpc) is 2.79. The molecule has 4 nitrogen and oxygen atoms in total. The second-order valence-corrected chi connectivity index (χ2v) is 21.1. The molecule has 3 atom stereocenters. The van der Waals surface area contributed by atoms with Crippen LogP contribution in [0.4, 0.5) is 0 Å². The highest BCUT2D eigenvalue weighted by molar-refractivity contribution is 6.99. The van der Waals surface area contributed by atoms with Gasteiger partial charge in [0, 0.05) is 19.6 Å². The summed E-state index contributed by atoms with van der Waals surface area (Å²) >= 11 is 0. The van der Waals surface area contributed by atoms with Crippen LogP contribution in [0.5, 0.6) is 0 Å². The Kier molecular flexibility index (Phi) is 9.87. The van der Waals surface area contributed by atoms with Gasteiger partial charge in [0.1, 0.15) is 12.4 Å². The van der Waals surface area contributed by atoms with E-state index in [1.807, 2.05) is 12.1 Å². The molecule has 194 valence electrons. The molecule has 2 rings (SSSR count). The van der Waals surface area contributed by atoms with Crippen molar-refractivity contribution in [2.45, 2.75) is 96.4 Å². The van der Waals surface area contributed by atoms with Crippen molar-refractivity contribution >= 4 is 33.3 Å². The number of methoxy groups -OCH3 is 1. The van der Waals surface area contributed by atoms with E-state index in [9.17, 15) is 4.79 Å². The zero-order valence-corrected chi connectivity index (χ0v) is 25.4. The third kappa shape index (κ3) is 6.80. The maximum Gasteiger partial charge on any atom is 0.261 e. The van der Waals surface area contributed by atoms with Crippen molar-refractivity contribution in [2.24, 2.45) is 0 Å². The SMILES string of the molecule is CO[C@@H](C[C@@H](C)O[Si](c1ccccc1)(c1ccccc1)C(C)(C)C)[C@@H](C=O)O[Si](C)(C)C(C)(C)C. The predicted molar refractivity (Wildman–Crippen MR) is 152 cm³/mol. The zero-order chi connectivity index (χ0) is 26.5. The summed E-state index contributed by atoms with van der Waals surface area (Å²) in [5.74, 6) is 0. The first-order chi connectivity index (χ1) is 16.2. The molecule has 2 aromatic carbocycles. The van der Waals surface area contributed by atoms with Crippen molar-refractivity contribution in [1.82, 2.24) is 0 Å². The lowest BCUT2D eigenvalue weighted by Crippen LogP contribution is -2.67. The summed E-state index contributed by atoms with van der Waals surface area (Å²) in [5, 5.41) is 2.37. The number of ether oxygens (including phenoxy) is 1. The zero-order valence-electron chi connectivity index (χ0n) is 23.4. The van der Waals surface area contributed by atoms with Crippen LogP contribution in [-0.4, -0.2) is 48.3 Å². The molecule has 2 aromatic rings. The molecule has 35 heavy (non-hydrogen) atoms. The Morgan fingerprint density at radius 1 is 0.800 bits per heavy atom. The topological polar surface area (TPSA) is 44.8 Å². The van der Waals surface area contributed by atoms with E-state index in [0.29, 0.717) is 6.42 Å². The van der Waals surface area contributed by atoms with Gasteiger partial charge in [0.05, 0.1) is 6.10 Å². The summed E-state index contributed by atoms with van der Waals surface area (Å²) < 4.78 is 19.5. The fourth-order valence-electron chi connectivity index (χ4n) is 4.44. The van der Waals surface area contributed by atoms with Gasteiger partial charge in [-0.25, -0.2) is 0 Å². The van der Waals surface area contributed by atoms with Crippen LogP contribution in [0.25, 0.3) is 0 Å². The molecule has 6 heteroatoms. The van der Waals surface area contributed by atoms with Gasteiger partial charge < -0.3 is 18.4 Å². The summed E-state index contributed by atoms with van der Waals surface area (Å²) in [7, 11) is -3.18. The first kappa shape index (κ1) is 29.7. The molecule has 0 aliphatic heterocycles. The maximum absolute atomic E-state index is 12.2. The molecule has 0 heterocycles. The van der Waals surface area contributed by atoms with Gasteiger partial charge in [0.25, 0.3) is 8.32 Å². The largest absolute Gasteiger partial charge is 0.405 e. The van der Waals surface area contributed by atoms with Crippen LogP contribution >= 0.6 is 0 Å². The van der Waals surface area contributed by atoms with E-state index < -0.39 is 22.7 Å². The Morgan fingerprint density at radius 2 is 1.26 bits per heavy atom. The molecule has 0 fully saturated rings. The Labute approximate surface area is 215 Å². The number of hydrogen-bond donors (Lipinski definition) is 0. The van der Waals surface area contributed by atoms with Crippen molar-refractivity contribution in [3.63, 3.8) is 0 Å². The molecule has 0 radical (unpaired) electrons. The van der Waals surface area contributed by atoms with E-state index in [0.717, 1.165) is 6.29 Å². The number of carbonyl (C=O) groups excluding carboxylic acids is 1. The smallest absolute Gasteiger partial charge is 0.261 e. The minimum absolute atomic E-state index is 0.00356. The first-order valence-corrected chi connectivity index (χ1v) is 17.5. The van der Waals surface area contributed by atoms with Gasteiger partial charge >= 0.3 is 0 Å². The van der Waals surface area contributed by atoms with Crippen LogP contribution < -0.4 is 10.4 Å². The van der Waals surface area contributed by atoms with Gasteiger partial charge in [-0.15, -0.1) is 0 Å². The normalized spacial score (nSPS) is 15.9. The van der Waals surface area contributed by atoms with Crippen molar-refractivity contribution in [3.05, 3.63) is 60.7 Å². The van der Waals surface area contributed by atoms with Gasteiger partial charge in [0.15, 0.2) is 8.32 Å². The summed E-state index contributed by atoms with van der Waals surface area (Å²) in [6.45, 7) is 19.8. The fraction of sp³-hybridized carbons (Fsp3) is 0.552. The molecule has 0 spiro atoms. The Balaban J connectivity index is 2.43. The number of carbonyl (C=O) groups is 1. The van der Waals surface area contributed by atoms with Gasteiger partial charge in [-0.1, -0.05) is 102 Å². The lowest BCUT2D eigenvalue weighted by Gasteiger charge is -2.45. The highest BCUT2D eigenvalue weighted by Crippen LogP contribution is 2.39. The molecule has 0 unspecified atom stereocenters. The Morgan fingerprint density at radius 3 is 1.60 bits per heavy atom. The van der Waals surface area contributed by atoms with Crippen molar-refractivity contribution in [1.29, 1.82) is 0 Å². The van der Waals surface area contributed by atoms with Crippen LogP contribution in [0.2, 0.25) is 23.2 Å². The molecule has 0 saturated carbocycles. The molecule has 0 amide bonds. The van der Waals surface area contributed by atoms with Crippen molar-refractivity contribution in [3.8, 4) is 0 Å². The van der Waals surface area contributed by atoms with Crippen molar-refractivity contribution in [2.75, 3.05) is 7.11 Å². The maximum atomic E-state index is 12.2. The van der Waals surface area contributed by atoms with E-state index >= 15 is 0 Å². The average molecular weight is 515 g/mol. The highest BCUT2D eigenvalue weighted by atomic mass is 28.4. The molecule has 0 aliphatic carbocycles. The molecule has 0 aromatic heterocycles. The van der Waals surface area contributed by atoms with Crippen LogP contribution in [-0.2, 0) is 18.4 Å². The van der Waals surface area contributed by atoms with E-state index in [4.69, 9.17) is 13.6 Å². The van der Waals surface area contributed by atoms with Gasteiger partial charge in [-0.2, -0.15) is 0 Å². The first-order valence-electron chi connectivity index (χ1n) is 12.6.